The van der Waals surface area contributed by atoms with E-state index in [0.717, 1.165) is 18.4 Å². The number of nitrogens with zero attached hydrogens (tertiary/aromatic N) is 1. The predicted molar refractivity (Wildman–Crippen MR) is 72.0 cm³/mol. The Balaban J connectivity index is 2.72. The smallest absolute Gasteiger partial charge is 0.241 e. The lowest BCUT2D eigenvalue weighted by atomic mass is 10.1. The molecule has 0 fully saturated rings. The fourth-order valence-electron chi connectivity index (χ4n) is 1.61. The van der Waals surface area contributed by atoms with Gasteiger partial charge in [-0.3, -0.25) is 4.79 Å². The normalized spacial score (nSPS) is 11.7. The number of nitrogens with two attached hydrogens (primary N) is 1. The quantitative estimate of drug-likeness (QED) is 0.835. The average molecular weight is 245 g/mol. The van der Waals surface area contributed by atoms with Crippen LogP contribution in [0.25, 0.3) is 0 Å². The van der Waals surface area contributed by atoms with E-state index in [4.69, 9.17) is 11.0 Å². The highest BCUT2D eigenvalue weighted by atomic mass is 16.2. The molecule has 1 amide bonds. The van der Waals surface area contributed by atoms with Crippen LogP contribution in [0.1, 0.15) is 37.3 Å². The number of benzene rings is 1. The van der Waals surface area contributed by atoms with Crippen LogP contribution >= 0.6 is 0 Å². The summed E-state index contributed by atoms with van der Waals surface area (Å²) in [5, 5.41) is 11.6. The number of anilines is 1. The largest absolute Gasteiger partial charge is 0.324 e. The Labute approximate surface area is 108 Å². The summed E-state index contributed by atoms with van der Waals surface area (Å²) >= 11 is 0. The van der Waals surface area contributed by atoms with Crippen molar-refractivity contribution in [2.45, 2.75) is 39.2 Å². The number of carbonyl (C=O) groups excluding carboxylic acids is 1. The lowest BCUT2D eigenvalue weighted by Crippen LogP contribution is -2.35. The van der Waals surface area contributed by atoms with Gasteiger partial charge in [0.15, 0.2) is 0 Å². The number of aryl methyl sites for hydroxylation is 1. The lowest BCUT2D eigenvalue weighted by molar-refractivity contribution is -0.117. The molecule has 1 aromatic rings. The maximum absolute atomic E-state index is 11.9. The van der Waals surface area contributed by atoms with Gasteiger partial charge < -0.3 is 11.1 Å². The summed E-state index contributed by atoms with van der Waals surface area (Å²) < 4.78 is 0. The molecule has 0 saturated heterocycles. The van der Waals surface area contributed by atoms with Crippen LogP contribution in [0.4, 0.5) is 5.69 Å². The molecule has 0 aliphatic heterocycles. The van der Waals surface area contributed by atoms with Crippen LogP contribution in [0.2, 0.25) is 0 Å². The number of unbranched alkanes of at least 4 members (excludes halogenated alkanes) is 1. The molecule has 1 atom stereocenters. The summed E-state index contributed by atoms with van der Waals surface area (Å²) in [6, 6.07) is 6.76. The summed E-state index contributed by atoms with van der Waals surface area (Å²) in [5.74, 6) is -0.193. The Bertz CT molecular complexity index is 463. The molecule has 1 rings (SSSR count). The Morgan fingerprint density at radius 2 is 2.28 bits per heavy atom. The number of hydrogen-bond donors (Lipinski definition) is 2. The molecule has 96 valence electrons. The van der Waals surface area contributed by atoms with Gasteiger partial charge in [-0.2, -0.15) is 5.26 Å². The molecule has 0 spiro atoms. The molecule has 18 heavy (non-hydrogen) atoms. The molecule has 4 heteroatoms. The third-order valence-corrected chi connectivity index (χ3v) is 2.83. The zero-order valence-corrected chi connectivity index (χ0v) is 10.9. The van der Waals surface area contributed by atoms with Crippen LogP contribution in [-0.2, 0) is 4.79 Å². The highest BCUT2D eigenvalue weighted by Gasteiger charge is 2.13. The van der Waals surface area contributed by atoms with Crippen molar-refractivity contribution in [2.75, 3.05) is 5.32 Å². The maximum Gasteiger partial charge on any atom is 0.241 e. The summed E-state index contributed by atoms with van der Waals surface area (Å²) in [5.41, 5.74) is 7.90. The van der Waals surface area contributed by atoms with E-state index in [1.54, 1.807) is 12.1 Å². The minimum Gasteiger partial charge on any atom is -0.324 e. The van der Waals surface area contributed by atoms with Gasteiger partial charge in [-0.05, 0) is 31.0 Å². The molecule has 0 radical (unpaired) electrons. The lowest BCUT2D eigenvalue weighted by Gasteiger charge is -2.13. The Morgan fingerprint density at radius 3 is 2.89 bits per heavy atom. The van der Waals surface area contributed by atoms with Crippen LogP contribution in [0.15, 0.2) is 18.2 Å². The molecule has 0 saturated carbocycles. The van der Waals surface area contributed by atoms with E-state index >= 15 is 0 Å². The first kappa shape index (κ1) is 14.2. The molecule has 3 N–H and O–H groups in total. The fourth-order valence-corrected chi connectivity index (χ4v) is 1.61. The van der Waals surface area contributed by atoms with Gasteiger partial charge in [0.05, 0.1) is 17.7 Å². The van der Waals surface area contributed by atoms with Crippen molar-refractivity contribution in [3.63, 3.8) is 0 Å². The summed E-state index contributed by atoms with van der Waals surface area (Å²) in [4.78, 5) is 11.9. The van der Waals surface area contributed by atoms with E-state index in [0.29, 0.717) is 17.7 Å². The third-order valence-electron chi connectivity index (χ3n) is 2.83. The summed E-state index contributed by atoms with van der Waals surface area (Å²) in [6.07, 6.45) is 2.63. The van der Waals surface area contributed by atoms with Crippen LogP contribution < -0.4 is 11.1 Å². The number of rotatable bonds is 5. The summed E-state index contributed by atoms with van der Waals surface area (Å²) in [7, 11) is 0. The zero-order chi connectivity index (χ0) is 13.5. The van der Waals surface area contributed by atoms with Gasteiger partial charge in [-0.25, -0.2) is 0 Å². The van der Waals surface area contributed by atoms with Crippen molar-refractivity contribution >= 4 is 11.6 Å². The van der Waals surface area contributed by atoms with Gasteiger partial charge >= 0.3 is 0 Å². The van der Waals surface area contributed by atoms with E-state index < -0.39 is 6.04 Å². The SMILES string of the molecule is CCCCC(N)C(=O)Nc1cc(C#N)ccc1C. The molecule has 4 nitrogen and oxygen atoms in total. The Kier molecular flexibility index (Phi) is 5.34. The summed E-state index contributed by atoms with van der Waals surface area (Å²) in [6.45, 7) is 3.94. The van der Waals surface area contributed by atoms with Crippen molar-refractivity contribution in [2.24, 2.45) is 5.73 Å². The van der Waals surface area contributed by atoms with Crippen molar-refractivity contribution in [1.29, 1.82) is 5.26 Å². The Morgan fingerprint density at radius 1 is 1.56 bits per heavy atom. The molecule has 0 aliphatic carbocycles. The van der Waals surface area contributed by atoms with Crippen molar-refractivity contribution in [3.8, 4) is 6.07 Å². The fraction of sp³-hybridized carbons (Fsp3) is 0.429. The van der Waals surface area contributed by atoms with Gasteiger partial charge in [0, 0.05) is 5.69 Å². The van der Waals surface area contributed by atoms with Crippen LogP contribution in [0.3, 0.4) is 0 Å². The number of carbonyl (C=O) groups is 1. The molecule has 0 aromatic heterocycles. The monoisotopic (exact) mass is 245 g/mol. The second-order valence-corrected chi connectivity index (χ2v) is 4.38. The number of nitrogens with one attached hydrogen (secondary N) is 1. The standard InChI is InChI=1S/C14H19N3O/c1-3-4-5-12(16)14(18)17-13-8-11(9-15)7-6-10(13)2/h6-8,12H,3-5,16H2,1-2H3,(H,17,18). The minimum atomic E-state index is -0.491. The van der Waals surface area contributed by atoms with Gasteiger partial charge in [0.25, 0.3) is 0 Å². The van der Waals surface area contributed by atoms with Crippen LogP contribution in [-0.4, -0.2) is 11.9 Å². The maximum atomic E-state index is 11.9. The molecular formula is C14H19N3O. The average Bonchev–Trinajstić information content (AvgIpc) is 2.38. The van der Waals surface area contributed by atoms with Crippen molar-refractivity contribution < 1.29 is 4.79 Å². The van der Waals surface area contributed by atoms with E-state index in [-0.39, 0.29) is 5.91 Å². The predicted octanol–water partition coefficient (Wildman–Crippen LogP) is 2.32. The van der Waals surface area contributed by atoms with Gasteiger partial charge in [0.2, 0.25) is 5.91 Å². The highest BCUT2D eigenvalue weighted by molar-refractivity contribution is 5.95. The molecule has 0 heterocycles. The molecule has 0 aliphatic rings. The van der Waals surface area contributed by atoms with Gasteiger partial charge in [-0.1, -0.05) is 25.8 Å². The number of nitriles is 1. The van der Waals surface area contributed by atoms with Crippen molar-refractivity contribution in [1.82, 2.24) is 0 Å². The second kappa shape index (κ2) is 6.77. The molecular weight excluding hydrogens is 226 g/mol. The van der Waals surface area contributed by atoms with E-state index in [9.17, 15) is 4.79 Å². The van der Waals surface area contributed by atoms with Crippen LogP contribution in [0, 0.1) is 18.3 Å². The van der Waals surface area contributed by atoms with Crippen molar-refractivity contribution in [3.05, 3.63) is 29.3 Å². The third kappa shape index (κ3) is 3.86. The first-order valence-corrected chi connectivity index (χ1v) is 6.15. The highest BCUT2D eigenvalue weighted by Crippen LogP contribution is 2.16. The second-order valence-electron chi connectivity index (χ2n) is 4.38. The van der Waals surface area contributed by atoms with E-state index in [1.165, 1.54) is 0 Å². The van der Waals surface area contributed by atoms with Gasteiger partial charge in [0.1, 0.15) is 0 Å². The number of amides is 1. The Hall–Kier alpha value is -1.86. The topological polar surface area (TPSA) is 78.9 Å². The first-order chi connectivity index (χ1) is 8.58. The van der Waals surface area contributed by atoms with Crippen LogP contribution in [0.5, 0.6) is 0 Å². The minimum absolute atomic E-state index is 0.193. The van der Waals surface area contributed by atoms with Gasteiger partial charge in [-0.15, -0.1) is 0 Å². The first-order valence-electron chi connectivity index (χ1n) is 6.15. The molecule has 1 aromatic carbocycles. The number of hydrogen-bond acceptors (Lipinski definition) is 3. The van der Waals surface area contributed by atoms with E-state index in [2.05, 4.69) is 12.2 Å². The molecule has 1 unspecified atom stereocenters. The van der Waals surface area contributed by atoms with E-state index in [1.807, 2.05) is 19.1 Å². The zero-order valence-electron chi connectivity index (χ0n) is 10.9. The molecule has 0 bridgehead atoms.